The van der Waals surface area contributed by atoms with E-state index in [1.807, 2.05) is 60.1 Å². The Morgan fingerprint density at radius 2 is 1.75 bits per heavy atom. The number of hydrogen-bond donors (Lipinski definition) is 1. The average Bonchev–Trinajstić information content (AvgIpc) is 3.19. The number of hydrogen-bond acceptors (Lipinski definition) is 4. The van der Waals surface area contributed by atoms with Crippen molar-refractivity contribution < 1.29 is 9.53 Å². The molecule has 3 aromatic carbocycles. The first-order chi connectivity index (χ1) is 17.4. The molecule has 1 amide bonds. The zero-order valence-electron chi connectivity index (χ0n) is 20.9. The van der Waals surface area contributed by atoms with E-state index >= 15 is 0 Å². The molecule has 0 aliphatic heterocycles. The first-order valence-electron chi connectivity index (χ1n) is 12.1. The Bertz CT molecular complexity index is 1300. The first-order valence-corrected chi connectivity index (χ1v) is 12.5. The van der Waals surface area contributed by atoms with Gasteiger partial charge in [0.15, 0.2) is 0 Å². The van der Waals surface area contributed by atoms with E-state index in [4.69, 9.17) is 16.3 Å². The highest BCUT2D eigenvalue weighted by Crippen LogP contribution is 2.27. The van der Waals surface area contributed by atoms with Crippen molar-refractivity contribution in [2.75, 3.05) is 11.9 Å². The molecule has 0 radical (unpaired) electrons. The second-order valence-corrected chi connectivity index (χ2v) is 9.64. The summed E-state index contributed by atoms with van der Waals surface area (Å²) in [5, 5.41) is 12.2. The van der Waals surface area contributed by atoms with Gasteiger partial charge in [-0.2, -0.15) is 0 Å². The number of aromatic nitrogens is 3. The number of anilines is 1. The number of benzene rings is 3. The topological polar surface area (TPSA) is 69.0 Å². The predicted octanol–water partition coefficient (Wildman–Crippen LogP) is 6.56. The maximum atomic E-state index is 12.6. The smallest absolute Gasteiger partial charge is 0.230 e. The van der Waals surface area contributed by atoms with Gasteiger partial charge in [0.05, 0.1) is 31.0 Å². The number of halogens is 1. The summed E-state index contributed by atoms with van der Waals surface area (Å²) in [5.41, 5.74) is 5.41. The molecule has 0 saturated heterocycles. The van der Waals surface area contributed by atoms with Gasteiger partial charge in [0, 0.05) is 16.3 Å². The number of ether oxygens (including phenoxy) is 1. The molecule has 0 saturated carbocycles. The summed E-state index contributed by atoms with van der Waals surface area (Å²) in [6.07, 6.45) is 1.16. The van der Waals surface area contributed by atoms with Crippen molar-refractivity contribution in [3.63, 3.8) is 0 Å². The van der Waals surface area contributed by atoms with Crippen molar-refractivity contribution in [2.24, 2.45) is 5.92 Å². The molecule has 0 aliphatic carbocycles. The Labute approximate surface area is 217 Å². The molecular formula is C29H31ClN4O2. The van der Waals surface area contributed by atoms with Crippen LogP contribution in [0.25, 0.3) is 11.1 Å². The van der Waals surface area contributed by atoms with Crippen LogP contribution in [0.3, 0.4) is 0 Å². The maximum Gasteiger partial charge on any atom is 0.230 e. The van der Waals surface area contributed by atoms with E-state index in [9.17, 15) is 4.79 Å². The van der Waals surface area contributed by atoms with Gasteiger partial charge in [-0.1, -0.05) is 73.1 Å². The zero-order valence-corrected chi connectivity index (χ0v) is 21.6. The Kier molecular flexibility index (Phi) is 8.39. The van der Waals surface area contributed by atoms with Crippen LogP contribution in [0.15, 0.2) is 72.8 Å². The lowest BCUT2D eigenvalue weighted by Crippen LogP contribution is -2.15. The third-order valence-corrected chi connectivity index (χ3v) is 6.31. The standard InChI is InChI=1S/C29H31ClN4O2/c1-20(2)16-17-36-25-14-12-24(13-15-25)31-29(35)18-28-21(3)34(33-32-28)19-22-8-10-23(11-9-22)26-6-4-5-7-27(26)30/h4-15,20H,16-19H2,1-3H3,(H,31,35). The van der Waals surface area contributed by atoms with Gasteiger partial charge < -0.3 is 10.1 Å². The largest absolute Gasteiger partial charge is 0.494 e. The lowest BCUT2D eigenvalue weighted by molar-refractivity contribution is -0.115. The van der Waals surface area contributed by atoms with Crippen LogP contribution in [0.2, 0.25) is 5.02 Å². The van der Waals surface area contributed by atoms with E-state index in [2.05, 4.69) is 53.7 Å². The minimum atomic E-state index is -0.136. The highest BCUT2D eigenvalue weighted by atomic mass is 35.5. The van der Waals surface area contributed by atoms with Gasteiger partial charge in [-0.15, -0.1) is 5.10 Å². The van der Waals surface area contributed by atoms with Crippen LogP contribution in [-0.4, -0.2) is 27.5 Å². The fourth-order valence-electron chi connectivity index (χ4n) is 3.77. The van der Waals surface area contributed by atoms with Gasteiger partial charge in [-0.3, -0.25) is 4.79 Å². The molecule has 0 fully saturated rings. The molecule has 0 spiro atoms. The molecule has 6 nitrogen and oxygen atoms in total. The van der Waals surface area contributed by atoms with Crippen molar-refractivity contribution in [1.29, 1.82) is 0 Å². The Hall–Kier alpha value is -3.64. The first kappa shape index (κ1) is 25.5. The maximum absolute atomic E-state index is 12.6. The molecule has 1 heterocycles. The lowest BCUT2D eigenvalue weighted by atomic mass is 10.0. The highest BCUT2D eigenvalue weighted by molar-refractivity contribution is 6.33. The molecule has 4 aromatic rings. The minimum Gasteiger partial charge on any atom is -0.494 e. The van der Waals surface area contributed by atoms with Gasteiger partial charge in [0.25, 0.3) is 0 Å². The zero-order chi connectivity index (χ0) is 25.5. The van der Waals surface area contributed by atoms with Crippen molar-refractivity contribution in [1.82, 2.24) is 15.0 Å². The van der Waals surface area contributed by atoms with E-state index < -0.39 is 0 Å². The van der Waals surface area contributed by atoms with Crippen LogP contribution in [0.4, 0.5) is 5.69 Å². The fourth-order valence-corrected chi connectivity index (χ4v) is 4.02. The number of carbonyl (C=O) groups is 1. The third-order valence-electron chi connectivity index (χ3n) is 5.98. The molecule has 7 heteroatoms. The normalized spacial score (nSPS) is 11.0. The van der Waals surface area contributed by atoms with Gasteiger partial charge in [0.2, 0.25) is 5.91 Å². The summed E-state index contributed by atoms with van der Waals surface area (Å²) >= 11 is 6.32. The highest BCUT2D eigenvalue weighted by Gasteiger charge is 2.14. The third kappa shape index (κ3) is 6.73. The van der Waals surface area contributed by atoms with Crippen LogP contribution in [0.5, 0.6) is 5.75 Å². The molecule has 1 aromatic heterocycles. The van der Waals surface area contributed by atoms with E-state index in [1.165, 1.54) is 0 Å². The number of rotatable bonds is 10. The fraction of sp³-hybridized carbons (Fsp3) is 0.276. The average molecular weight is 503 g/mol. The summed E-state index contributed by atoms with van der Waals surface area (Å²) < 4.78 is 7.55. The summed E-state index contributed by atoms with van der Waals surface area (Å²) in [7, 11) is 0. The predicted molar refractivity (Wildman–Crippen MR) is 144 cm³/mol. The van der Waals surface area contributed by atoms with E-state index in [-0.39, 0.29) is 12.3 Å². The second kappa shape index (κ2) is 11.9. The second-order valence-electron chi connectivity index (χ2n) is 9.24. The van der Waals surface area contributed by atoms with Crippen molar-refractivity contribution in [3.05, 3.63) is 94.8 Å². The van der Waals surface area contributed by atoms with Crippen molar-refractivity contribution in [3.8, 4) is 16.9 Å². The molecule has 0 unspecified atom stereocenters. The molecule has 0 atom stereocenters. The SMILES string of the molecule is Cc1c(CC(=O)Nc2ccc(OCCC(C)C)cc2)nnn1Cc1ccc(-c2ccccc2Cl)cc1. The number of amides is 1. The minimum absolute atomic E-state index is 0.136. The number of nitrogens with zero attached hydrogens (tertiary/aromatic N) is 3. The summed E-state index contributed by atoms with van der Waals surface area (Å²) in [5.74, 6) is 1.26. The van der Waals surface area contributed by atoms with E-state index in [0.717, 1.165) is 45.3 Å². The van der Waals surface area contributed by atoms with Crippen LogP contribution in [0, 0.1) is 12.8 Å². The van der Waals surface area contributed by atoms with E-state index in [1.54, 1.807) is 0 Å². The molecule has 0 aliphatic rings. The molecule has 186 valence electrons. The summed E-state index contributed by atoms with van der Waals surface area (Å²) in [4.78, 5) is 12.6. The summed E-state index contributed by atoms with van der Waals surface area (Å²) in [6, 6.07) is 23.4. The molecular weight excluding hydrogens is 472 g/mol. The molecule has 1 N–H and O–H groups in total. The van der Waals surface area contributed by atoms with Crippen LogP contribution in [-0.2, 0) is 17.8 Å². The van der Waals surface area contributed by atoms with Crippen LogP contribution in [0.1, 0.15) is 37.2 Å². The van der Waals surface area contributed by atoms with Crippen molar-refractivity contribution in [2.45, 2.75) is 40.2 Å². The molecule has 4 rings (SSSR count). The number of nitrogens with one attached hydrogen (secondary N) is 1. The van der Waals surface area contributed by atoms with E-state index in [0.29, 0.717) is 24.8 Å². The Balaban J connectivity index is 1.32. The Morgan fingerprint density at radius 3 is 2.44 bits per heavy atom. The molecule has 0 bridgehead atoms. The van der Waals surface area contributed by atoms with Gasteiger partial charge in [-0.25, -0.2) is 4.68 Å². The van der Waals surface area contributed by atoms with Gasteiger partial charge in [-0.05, 0) is 60.7 Å². The Morgan fingerprint density at radius 1 is 1.03 bits per heavy atom. The monoisotopic (exact) mass is 502 g/mol. The van der Waals surface area contributed by atoms with Crippen molar-refractivity contribution >= 4 is 23.2 Å². The molecule has 36 heavy (non-hydrogen) atoms. The van der Waals surface area contributed by atoms with Crippen LogP contribution >= 0.6 is 11.6 Å². The summed E-state index contributed by atoms with van der Waals surface area (Å²) in [6.45, 7) is 7.53. The quantitative estimate of drug-likeness (QED) is 0.266. The lowest BCUT2D eigenvalue weighted by Gasteiger charge is -2.09. The van der Waals surface area contributed by atoms with Gasteiger partial charge >= 0.3 is 0 Å². The number of carbonyl (C=O) groups excluding carboxylic acids is 1. The van der Waals surface area contributed by atoms with Gasteiger partial charge in [0.1, 0.15) is 5.75 Å². The van der Waals surface area contributed by atoms with Crippen LogP contribution < -0.4 is 10.1 Å².